The van der Waals surface area contributed by atoms with Crippen molar-refractivity contribution < 1.29 is 14.3 Å². The highest BCUT2D eigenvalue weighted by Crippen LogP contribution is 2.31. The number of fused-ring (bicyclic) bond motifs is 1. The second-order valence-corrected chi connectivity index (χ2v) is 8.21. The predicted octanol–water partition coefficient (Wildman–Crippen LogP) is 2.73. The van der Waals surface area contributed by atoms with E-state index in [9.17, 15) is 4.79 Å². The SMILES string of the molecule is O=C(c1ccc2c(c1)OCCO2)N1CCC[C@H](Cn2nnc(-c3cccs3)n2)C1. The smallest absolute Gasteiger partial charge is 0.254 e. The van der Waals surface area contributed by atoms with E-state index in [1.54, 1.807) is 22.2 Å². The summed E-state index contributed by atoms with van der Waals surface area (Å²) in [6.07, 6.45) is 2.01. The van der Waals surface area contributed by atoms with Gasteiger partial charge in [0, 0.05) is 18.7 Å². The van der Waals surface area contributed by atoms with Gasteiger partial charge in [-0.05, 0) is 53.6 Å². The van der Waals surface area contributed by atoms with E-state index in [-0.39, 0.29) is 5.91 Å². The summed E-state index contributed by atoms with van der Waals surface area (Å²) < 4.78 is 11.2. The number of benzene rings is 1. The van der Waals surface area contributed by atoms with Gasteiger partial charge in [-0.25, -0.2) is 0 Å². The average molecular weight is 411 g/mol. The number of thiophene rings is 1. The summed E-state index contributed by atoms with van der Waals surface area (Å²) in [6.45, 7) is 3.15. The summed E-state index contributed by atoms with van der Waals surface area (Å²) in [7, 11) is 0. The Hall–Kier alpha value is -2.94. The number of hydrogen-bond acceptors (Lipinski definition) is 7. The molecular weight excluding hydrogens is 390 g/mol. The van der Waals surface area contributed by atoms with E-state index >= 15 is 0 Å². The molecule has 0 radical (unpaired) electrons. The van der Waals surface area contributed by atoms with Crippen LogP contribution in [0.2, 0.25) is 0 Å². The molecule has 2 aliphatic rings. The van der Waals surface area contributed by atoms with Crippen molar-refractivity contribution in [2.24, 2.45) is 5.92 Å². The zero-order chi connectivity index (χ0) is 19.6. The largest absolute Gasteiger partial charge is 0.486 e. The molecule has 1 amide bonds. The van der Waals surface area contributed by atoms with Crippen molar-refractivity contribution in [3.05, 3.63) is 41.3 Å². The van der Waals surface area contributed by atoms with Gasteiger partial charge in [0.25, 0.3) is 5.91 Å². The molecule has 0 saturated carbocycles. The number of tetrazole rings is 1. The number of nitrogens with zero attached hydrogens (tertiary/aromatic N) is 5. The van der Waals surface area contributed by atoms with Crippen molar-refractivity contribution in [3.8, 4) is 22.2 Å². The minimum atomic E-state index is 0.0255. The van der Waals surface area contributed by atoms with E-state index in [1.807, 2.05) is 34.5 Å². The standard InChI is InChI=1S/C20H21N5O3S/c26-20(15-5-6-16-17(11-15)28-9-8-27-16)24-7-1-3-14(12-24)13-25-22-19(21-23-25)18-4-2-10-29-18/h2,4-6,10-11,14H,1,3,7-9,12-13H2/t14-/m0/s1. The Kier molecular flexibility index (Phi) is 4.89. The fraction of sp³-hybridized carbons (Fsp3) is 0.400. The molecule has 2 aliphatic heterocycles. The molecule has 8 nitrogen and oxygen atoms in total. The number of carbonyl (C=O) groups excluding carboxylic acids is 1. The van der Waals surface area contributed by atoms with Gasteiger partial charge in [0.05, 0.1) is 11.4 Å². The van der Waals surface area contributed by atoms with Crippen molar-refractivity contribution >= 4 is 17.2 Å². The minimum Gasteiger partial charge on any atom is -0.486 e. The highest BCUT2D eigenvalue weighted by atomic mass is 32.1. The molecule has 3 aromatic rings. The Balaban J connectivity index is 1.25. The van der Waals surface area contributed by atoms with Gasteiger partial charge in [0.2, 0.25) is 5.82 Å². The summed E-state index contributed by atoms with van der Waals surface area (Å²) in [5.74, 6) is 2.32. The lowest BCUT2D eigenvalue weighted by molar-refractivity contribution is 0.0655. The first-order valence-corrected chi connectivity index (χ1v) is 10.6. The van der Waals surface area contributed by atoms with Crippen LogP contribution >= 0.6 is 11.3 Å². The molecule has 1 fully saturated rings. The quantitative estimate of drug-likeness (QED) is 0.657. The van der Waals surface area contributed by atoms with Gasteiger partial charge in [-0.1, -0.05) is 6.07 Å². The lowest BCUT2D eigenvalue weighted by atomic mass is 9.97. The van der Waals surface area contributed by atoms with Crippen LogP contribution in [0.25, 0.3) is 10.7 Å². The Bertz CT molecular complexity index is 1000. The van der Waals surface area contributed by atoms with Crippen LogP contribution in [-0.4, -0.2) is 57.3 Å². The molecule has 0 aliphatic carbocycles. The maximum absolute atomic E-state index is 13.0. The summed E-state index contributed by atoms with van der Waals surface area (Å²) in [4.78, 5) is 17.6. The van der Waals surface area contributed by atoms with Crippen LogP contribution in [0.3, 0.4) is 0 Å². The van der Waals surface area contributed by atoms with Crippen LogP contribution in [0.1, 0.15) is 23.2 Å². The van der Waals surface area contributed by atoms with Gasteiger partial charge in [0.15, 0.2) is 11.5 Å². The molecule has 5 rings (SSSR count). The van der Waals surface area contributed by atoms with E-state index < -0.39 is 0 Å². The molecule has 1 aromatic carbocycles. The van der Waals surface area contributed by atoms with E-state index in [0.29, 0.717) is 55.1 Å². The Morgan fingerprint density at radius 3 is 2.97 bits per heavy atom. The third kappa shape index (κ3) is 3.82. The molecule has 1 atom stereocenters. The van der Waals surface area contributed by atoms with Crippen molar-refractivity contribution in [2.75, 3.05) is 26.3 Å². The first-order valence-electron chi connectivity index (χ1n) is 9.77. The number of amides is 1. The molecular formula is C20H21N5O3S. The molecule has 1 saturated heterocycles. The fourth-order valence-electron chi connectivity index (χ4n) is 3.81. The van der Waals surface area contributed by atoms with Crippen LogP contribution in [0.4, 0.5) is 0 Å². The van der Waals surface area contributed by atoms with Gasteiger partial charge < -0.3 is 14.4 Å². The van der Waals surface area contributed by atoms with Crippen molar-refractivity contribution in [3.63, 3.8) is 0 Å². The highest BCUT2D eigenvalue weighted by Gasteiger charge is 2.26. The zero-order valence-corrected chi connectivity index (χ0v) is 16.7. The predicted molar refractivity (Wildman–Crippen MR) is 107 cm³/mol. The van der Waals surface area contributed by atoms with Crippen LogP contribution in [-0.2, 0) is 6.54 Å². The van der Waals surface area contributed by atoms with Gasteiger partial charge in [0.1, 0.15) is 13.2 Å². The molecule has 150 valence electrons. The third-order valence-corrected chi connectivity index (χ3v) is 6.08. The maximum Gasteiger partial charge on any atom is 0.254 e. The number of aromatic nitrogens is 4. The zero-order valence-electron chi connectivity index (χ0n) is 15.9. The van der Waals surface area contributed by atoms with Crippen molar-refractivity contribution in [2.45, 2.75) is 19.4 Å². The van der Waals surface area contributed by atoms with Crippen LogP contribution in [0.5, 0.6) is 11.5 Å². The molecule has 0 bridgehead atoms. The van der Waals surface area contributed by atoms with Gasteiger partial charge in [-0.3, -0.25) is 4.79 Å². The molecule has 4 heterocycles. The molecule has 29 heavy (non-hydrogen) atoms. The monoisotopic (exact) mass is 411 g/mol. The first kappa shape index (κ1) is 18.1. The van der Waals surface area contributed by atoms with Crippen molar-refractivity contribution in [1.29, 1.82) is 0 Å². The third-order valence-electron chi connectivity index (χ3n) is 5.21. The minimum absolute atomic E-state index is 0.0255. The maximum atomic E-state index is 13.0. The Labute approximate surface area is 172 Å². The topological polar surface area (TPSA) is 82.4 Å². The van der Waals surface area contributed by atoms with Gasteiger partial charge >= 0.3 is 0 Å². The second-order valence-electron chi connectivity index (χ2n) is 7.26. The molecule has 0 unspecified atom stereocenters. The van der Waals surface area contributed by atoms with Gasteiger partial charge in [-0.15, -0.1) is 21.5 Å². The van der Waals surface area contributed by atoms with Crippen LogP contribution < -0.4 is 9.47 Å². The molecule has 0 N–H and O–H groups in total. The molecule has 0 spiro atoms. The molecule has 9 heteroatoms. The molecule has 2 aromatic heterocycles. The van der Waals surface area contributed by atoms with E-state index in [2.05, 4.69) is 15.4 Å². The summed E-state index contributed by atoms with van der Waals surface area (Å²) >= 11 is 1.60. The lowest BCUT2D eigenvalue weighted by Crippen LogP contribution is -2.41. The number of rotatable bonds is 4. The van der Waals surface area contributed by atoms with E-state index in [4.69, 9.17) is 9.47 Å². The average Bonchev–Trinajstić information content (AvgIpc) is 3.45. The highest BCUT2D eigenvalue weighted by molar-refractivity contribution is 7.13. The normalized spacial score (nSPS) is 18.6. The number of hydrogen-bond donors (Lipinski definition) is 0. The second kappa shape index (κ2) is 7.82. The lowest BCUT2D eigenvalue weighted by Gasteiger charge is -2.32. The first-order chi connectivity index (χ1) is 14.3. The number of piperidine rings is 1. The number of ether oxygens (including phenoxy) is 2. The fourth-order valence-corrected chi connectivity index (χ4v) is 4.46. The summed E-state index contributed by atoms with van der Waals surface area (Å²) in [5.41, 5.74) is 0.633. The Morgan fingerprint density at radius 1 is 1.21 bits per heavy atom. The Morgan fingerprint density at radius 2 is 2.10 bits per heavy atom. The van der Waals surface area contributed by atoms with E-state index in [0.717, 1.165) is 24.3 Å². The van der Waals surface area contributed by atoms with Gasteiger partial charge in [-0.2, -0.15) is 4.80 Å². The van der Waals surface area contributed by atoms with Crippen molar-refractivity contribution in [1.82, 2.24) is 25.1 Å². The number of likely N-dealkylation sites (tertiary alicyclic amines) is 1. The summed E-state index contributed by atoms with van der Waals surface area (Å²) in [6, 6.07) is 9.37. The van der Waals surface area contributed by atoms with E-state index in [1.165, 1.54) is 0 Å². The number of carbonyl (C=O) groups is 1. The summed E-state index contributed by atoms with van der Waals surface area (Å²) in [5, 5.41) is 14.8. The van der Waals surface area contributed by atoms with Crippen LogP contribution in [0, 0.1) is 5.92 Å². The van der Waals surface area contributed by atoms with Crippen LogP contribution in [0.15, 0.2) is 35.7 Å².